The first kappa shape index (κ1) is 13.1. The lowest BCUT2D eigenvalue weighted by molar-refractivity contribution is -0.121. The van der Waals surface area contributed by atoms with Crippen LogP contribution in [0.1, 0.15) is 17.7 Å². The van der Waals surface area contributed by atoms with Crippen LogP contribution in [-0.2, 0) is 17.8 Å². The van der Waals surface area contributed by atoms with Crippen LogP contribution >= 0.6 is 0 Å². The van der Waals surface area contributed by atoms with Crippen LogP contribution in [0.15, 0.2) is 36.8 Å². The van der Waals surface area contributed by atoms with E-state index in [1.54, 1.807) is 19.6 Å². The highest BCUT2D eigenvalue weighted by atomic mass is 16.5. The van der Waals surface area contributed by atoms with Crippen LogP contribution in [0.4, 0.5) is 0 Å². The lowest BCUT2D eigenvalue weighted by atomic mass is 10.1. The summed E-state index contributed by atoms with van der Waals surface area (Å²) in [6, 6.07) is 7.75. The number of rotatable bonds is 6. The molecule has 100 valence electrons. The number of aryl methyl sites for hydroxylation is 1. The topological polar surface area (TPSA) is 67.0 Å². The molecule has 2 N–H and O–H groups in total. The van der Waals surface area contributed by atoms with Gasteiger partial charge in [-0.05, 0) is 24.1 Å². The van der Waals surface area contributed by atoms with E-state index in [2.05, 4.69) is 15.3 Å². The van der Waals surface area contributed by atoms with Crippen molar-refractivity contribution >= 4 is 5.91 Å². The van der Waals surface area contributed by atoms with Gasteiger partial charge >= 0.3 is 0 Å². The summed E-state index contributed by atoms with van der Waals surface area (Å²) in [5.74, 6) is 0.859. The largest absolute Gasteiger partial charge is 0.497 e. The second kappa shape index (κ2) is 6.58. The van der Waals surface area contributed by atoms with E-state index in [1.807, 2.05) is 24.3 Å². The maximum absolute atomic E-state index is 11.7. The van der Waals surface area contributed by atoms with Crippen LogP contribution in [0, 0.1) is 0 Å². The molecule has 2 aromatic rings. The molecule has 2 rings (SSSR count). The number of carbonyl (C=O) groups excluding carboxylic acids is 1. The molecule has 1 aromatic carbocycles. The van der Waals surface area contributed by atoms with Crippen LogP contribution in [-0.4, -0.2) is 23.0 Å². The van der Waals surface area contributed by atoms with Crippen molar-refractivity contribution in [3.05, 3.63) is 48.0 Å². The summed E-state index contributed by atoms with van der Waals surface area (Å²) < 4.78 is 5.09. The van der Waals surface area contributed by atoms with Crippen molar-refractivity contribution in [1.82, 2.24) is 15.3 Å². The normalized spacial score (nSPS) is 10.2. The van der Waals surface area contributed by atoms with Crippen molar-refractivity contribution in [2.45, 2.75) is 19.4 Å². The van der Waals surface area contributed by atoms with Gasteiger partial charge in [0.15, 0.2) is 0 Å². The Balaban J connectivity index is 1.73. The highest BCUT2D eigenvalue weighted by Crippen LogP contribution is 2.12. The molecule has 0 saturated heterocycles. The third-order valence-corrected chi connectivity index (χ3v) is 2.83. The van der Waals surface area contributed by atoms with E-state index in [0.717, 1.165) is 23.4 Å². The zero-order valence-corrected chi connectivity index (χ0v) is 10.8. The smallest absolute Gasteiger partial charge is 0.220 e. The average molecular weight is 259 g/mol. The molecule has 19 heavy (non-hydrogen) atoms. The van der Waals surface area contributed by atoms with Crippen LogP contribution < -0.4 is 10.1 Å². The summed E-state index contributed by atoms with van der Waals surface area (Å²) in [6.45, 7) is 0.488. The monoisotopic (exact) mass is 259 g/mol. The minimum absolute atomic E-state index is 0.0328. The van der Waals surface area contributed by atoms with Gasteiger partial charge < -0.3 is 15.0 Å². The minimum Gasteiger partial charge on any atom is -0.497 e. The van der Waals surface area contributed by atoms with Crippen molar-refractivity contribution in [3.8, 4) is 5.75 Å². The van der Waals surface area contributed by atoms with Gasteiger partial charge in [-0.3, -0.25) is 4.79 Å². The number of nitrogens with one attached hydrogen (secondary N) is 2. The highest BCUT2D eigenvalue weighted by molar-refractivity contribution is 5.76. The Kier molecular flexibility index (Phi) is 4.55. The van der Waals surface area contributed by atoms with Gasteiger partial charge in [0.05, 0.1) is 25.7 Å². The first-order valence-corrected chi connectivity index (χ1v) is 6.15. The van der Waals surface area contributed by atoms with Gasteiger partial charge in [-0.15, -0.1) is 0 Å². The molecule has 5 nitrogen and oxygen atoms in total. The number of H-pyrrole nitrogens is 1. The second-order valence-electron chi connectivity index (χ2n) is 4.20. The fourth-order valence-corrected chi connectivity index (χ4v) is 1.71. The summed E-state index contributed by atoms with van der Waals surface area (Å²) in [4.78, 5) is 18.5. The molecule has 0 spiro atoms. The summed E-state index contributed by atoms with van der Waals surface area (Å²) in [7, 11) is 1.64. The maximum atomic E-state index is 11.7. The first-order chi connectivity index (χ1) is 9.28. The number of nitrogens with zero attached hydrogens (tertiary/aromatic N) is 1. The Morgan fingerprint density at radius 1 is 1.37 bits per heavy atom. The molecule has 0 radical (unpaired) electrons. The van der Waals surface area contributed by atoms with Crippen LogP contribution in [0.5, 0.6) is 5.75 Å². The Morgan fingerprint density at radius 2 is 2.16 bits per heavy atom. The molecule has 0 aliphatic heterocycles. The predicted molar refractivity (Wildman–Crippen MR) is 71.7 cm³/mol. The summed E-state index contributed by atoms with van der Waals surface area (Å²) in [6.07, 6.45) is 4.49. The number of ether oxygens (including phenoxy) is 1. The number of aromatic nitrogens is 2. The van der Waals surface area contributed by atoms with Crippen molar-refractivity contribution < 1.29 is 9.53 Å². The average Bonchev–Trinajstić information content (AvgIpc) is 2.96. The molecule has 1 aromatic heterocycles. The van der Waals surface area contributed by atoms with Crippen LogP contribution in [0.2, 0.25) is 0 Å². The fourth-order valence-electron chi connectivity index (χ4n) is 1.71. The van der Waals surface area contributed by atoms with Crippen molar-refractivity contribution in [2.75, 3.05) is 7.11 Å². The standard InChI is InChI=1S/C14H17N3O2/c1-19-13-5-2-11(3-6-13)4-7-14(18)16-9-12-8-15-10-17-12/h2-3,5-6,8,10H,4,7,9H2,1H3,(H,15,17)(H,16,18). The van der Waals surface area contributed by atoms with Crippen molar-refractivity contribution in [2.24, 2.45) is 0 Å². The molecule has 0 aliphatic rings. The van der Waals surface area contributed by atoms with E-state index in [0.29, 0.717) is 13.0 Å². The molecular formula is C14H17N3O2. The third kappa shape index (κ3) is 4.13. The Labute approximate surface area is 112 Å². The number of aromatic amines is 1. The quantitative estimate of drug-likeness (QED) is 0.829. The third-order valence-electron chi connectivity index (χ3n) is 2.83. The molecule has 0 bridgehead atoms. The van der Waals surface area contributed by atoms with Crippen molar-refractivity contribution in [3.63, 3.8) is 0 Å². The Morgan fingerprint density at radius 3 is 2.79 bits per heavy atom. The molecule has 0 saturated carbocycles. The van der Waals surface area contributed by atoms with Gasteiger partial charge in [0, 0.05) is 12.6 Å². The van der Waals surface area contributed by atoms with Gasteiger partial charge in [0.1, 0.15) is 5.75 Å². The zero-order valence-electron chi connectivity index (χ0n) is 10.8. The molecule has 0 fully saturated rings. The number of hydrogen-bond acceptors (Lipinski definition) is 3. The summed E-state index contributed by atoms with van der Waals surface area (Å²) in [5.41, 5.74) is 2.02. The van der Waals surface area contributed by atoms with Gasteiger partial charge in [0.2, 0.25) is 5.91 Å². The minimum atomic E-state index is 0.0328. The van der Waals surface area contributed by atoms with Gasteiger partial charge in [-0.2, -0.15) is 0 Å². The molecule has 0 aliphatic carbocycles. The van der Waals surface area contributed by atoms with E-state index in [1.165, 1.54) is 0 Å². The molecule has 0 unspecified atom stereocenters. The van der Waals surface area contributed by atoms with E-state index in [-0.39, 0.29) is 5.91 Å². The molecule has 1 amide bonds. The van der Waals surface area contributed by atoms with Gasteiger partial charge in [0.25, 0.3) is 0 Å². The SMILES string of the molecule is COc1ccc(CCC(=O)NCc2cnc[nH]2)cc1. The van der Waals surface area contributed by atoms with E-state index in [9.17, 15) is 4.79 Å². The summed E-state index contributed by atoms with van der Waals surface area (Å²) in [5, 5.41) is 2.84. The summed E-state index contributed by atoms with van der Waals surface area (Å²) >= 11 is 0. The molecular weight excluding hydrogens is 242 g/mol. The number of methoxy groups -OCH3 is 1. The van der Waals surface area contributed by atoms with E-state index >= 15 is 0 Å². The maximum Gasteiger partial charge on any atom is 0.220 e. The van der Waals surface area contributed by atoms with Crippen LogP contribution in [0.3, 0.4) is 0 Å². The number of imidazole rings is 1. The number of amides is 1. The fraction of sp³-hybridized carbons (Fsp3) is 0.286. The lowest BCUT2D eigenvalue weighted by Gasteiger charge is -2.05. The number of benzene rings is 1. The Bertz CT molecular complexity index is 506. The van der Waals surface area contributed by atoms with Crippen molar-refractivity contribution in [1.29, 1.82) is 0 Å². The predicted octanol–water partition coefficient (Wildman–Crippen LogP) is 1.67. The van der Waals surface area contributed by atoms with Gasteiger partial charge in [-0.1, -0.05) is 12.1 Å². The molecule has 1 heterocycles. The zero-order chi connectivity index (χ0) is 13.5. The van der Waals surface area contributed by atoms with E-state index < -0.39 is 0 Å². The Hall–Kier alpha value is -2.30. The van der Waals surface area contributed by atoms with Gasteiger partial charge in [-0.25, -0.2) is 4.98 Å². The highest BCUT2D eigenvalue weighted by Gasteiger charge is 2.03. The first-order valence-electron chi connectivity index (χ1n) is 6.15. The number of carbonyl (C=O) groups is 1. The van der Waals surface area contributed by atoms with Crippen LogP contribution in [0.25, 0.3) is 0 Å². The molecule has 0 atom stereocenters. The van der Waals surface area contributed by atoms with E-state index in [4.69, 9.17) is 4.74 Å². The number of hydrogen-bond donors (Lipinski definition) is 2. The lowest BCUT2D eigenvalue weighted by Crippen LogP contribution is -2.23. The molecule has 5 heteroatoms. The second-order valence-corrected chi connectivity index (χ2v) is 4.20.